The molecule has 7 N–H and O–H groups in total. The monoisotopic (exact) mass is 1200 g/mol. The SMILES string of the molecule is Cc1nnc(C(C)C)n1C1CC2CCC(C1)N2CC[C@H](NC(=O)C1CCC(F)(F)CC1)c1ccc(NC(=O)COCC(=O)NCCCCCCCNC(=O)COCC(=O)N[C@@H]2CC[C@@]3(O)C4Cc5ccc(O)c6c5[C@@]3(CCN4CC3CC3)[C@H]2O6)cc1. The van der Waals surface area contributed by atoms with Crippen LogP contribution in [0.25, 0.3) is 0 Å². The molecule has 22 heteroatoms. The molecule has 0 radical (unpaired) electrons. The highest BCUT2D eigenvalue weighted by Gasteiger charge is 2.73. The number of phenolic OH excluding ortho intramolecular Hbond substituents is 1. The Morgan fingerprint density at radius 1 is 0.767 bits per heavy atom. The predicted octanol–water partition coefficient (Wildman–Crippen LogP) is 6.56. The average molecular weight is 1200 g/mol. The smallest absolute Gasteiger partial charge is 0.250 e. The summed E-state index contributed by atoms with van der Waals surface area (Å²) in [5.74, 6) is -1.43. The minimum atomic E-state index is -2.73. The summed E-state index contributed by atoms with van der Waals surface area (Å²) in [6, 6.07) is 11.2. The number of nitrogens with one attached hydrogen (secondary N) is 5. The standard InChI is InChI=1S/C64H90F2N10O10/c1-39(2)60-73-72-40(3)76(60)48-32-46-16-17-47(33-48)75(46)29-22-49(71-61(82)43-19-23-62(65,66)24-20-43)42-11-14-45(15-12-42)69-55(80)37-84-35-53(78)67-27-7-5-4-6-8-28-68-54(79)36-85-38-56(81)70-50-21-25-64(83)52-31-44-13-18-51(77)58-57(44)63(64,59(50)86-58)26-30-74(52)34-41-9-10-41/h11-15,18,39,41,43,46-50,52,59,77,83H,4-10,16-17,19-38H2,1-3H3,(H,67,78)(H,68,79)(H,69,80)(H,70,81)(H,71,82)/t46?,47?,48?,49-,50+,52?,59-,63-,64+/m0/s1. The van der Waals surface area contributed by atoms with E-state index in [0.717, 1.165) is 106 Å². The maximum absolute atomic E-state index is 14.0. The summed E-state index contributed by atoms with van der Waals surface area (Å²) in [4.78, 5) is 69.9. The van der Waals surface area contributed by atoms with E-state index in [0.29, 0.717) is 80.7 Å². The van der Waals surface area contributed by atoms with Gasteiger partial charge in [0.25, 0.3) is 0 Å². The Kier molecular flexibility index (Phi) is 19.0. The first-order chi connectivity index (χ1) is 41.4. The third kappa shape index (κ3) is 13.4. The number of phenols is 1. The molecular weight excluding hydrogens is 1110 g/mol. The van der Waals surface area contributed by atoms with Gasteiger partial charge in [-0.25, -0.2) is 8.78 Å². The Hall–Kier alpha value is -5.81. The van der Waals surface area contributed by atoms with E-state index in [4.69, 9.17) is 14.2 Å². The maximum Gasteiger partial charge on any atom is 0.250 e. The fourth-order valence-electron chi connectivity index (χ4n) is 15.9. The van der Waals surface area contributed by atoms with Gasteiger partial charge in [-0.1, -0.05) is 51.3 Å². The molecule has 4 aliphatic carbocycles. The molecule has 4 bridgehead atoms. The molecule has 5 amide bonds. The van der Waals surface area contributed by atoms with Crippen LogP contribution in [-0.4, -0.2) is 165 Å². The van der Waals surface area contributed by atoms with Gasteiger partial charge in [0.2, 0.25) is 35.5 Å². The van der Waals surface area contributed by atoms with Gasteiger partial charge in [-0.15, -0.1) is 10.2 Å². The van der Waals surface area contributed by atoms with Crippen LogP contribution in [0.2, 0.25) is 0 Å². The number of benzene rings is 2. The Labute approximate surface area is 503 Å². The van der Waals surface area contributed by atoms with Crippen molar-refractivity contribution in [3.05, 3.63) is 64.7 Å². The number of amides is 5. The van der Waals surface area contributed by atoms with E-state index in [-0.39, 0.29) is 99.5 Å². The Morgan fingerprint density at radius 3 is 2.08 bits per heavy atom. The van der Waals surface area contributed by atoms with Crippen molar-refractivity contribution in [3.63, 3.8) is 0 Å². The van der Waals surface area contributed by atoms with Crippen molar-refractivity contribution in [1.82, 2.24) is 45.8 Å². The van der Waals surface area contributed by atoms with Crippen LogP contribution in [0, 0.1) is 18.8 Å². The zero-order valence-corrected chi connectivity index (χ0v) is 50.4. The van der Waals surface area contributed by atoms with E-state index in [9.17, 15) is 43.0 Å². The van der Waals surface area contributed by atoms with Crippen molar-refractivity contribution in [1.29, 1.82) is 0 Å². The lowest BCUT2D eigenvalue weighted by atomic mass is 9.48. The zero-order chi connectivity index (χ0) is 60.3. The molecule has 470 valence electrons. The second-order valence-electron chi connectivity index (χ2n) is 26.5. The van der Waals surface area contributed by atoms with Crippen LogP contribution in [0.3, 0.4) is 0 Å². The third-order valence-corrected chi connectivity index (χ3v) is 20.4. The molecule has 1 spiro atoms. The quantitative estimate of drug-likeness (QED) is 0.0381. The number of fused-ring (bicyclic) bond motifs is 2. The van der Waals surface area contributed by atoms with Gasteiger partial charge in [0.15, 0.2) is 11.5 Å². The maximum atomic E-state index is 14.0. The molecule has 8 aliphatic rings. The van der Waals surface area contributed by atoms with E-state index < -0.39 is 40.9 Å². The Balaban J connectivity index is 0.540. The molecule has 3 aromatic rings. The first-order valence-electron chi connectivity index (χ1n) is 32.1. The van der Waals surface area contributed by atoms with Crippen LogP contribution in [0.15, 0.2) is 36.4 Å². The van der Waals surface area contributed by atoms with Crippen LogP contribution < -0.4 is 31.3 Å². The summed E-state index contributed by atoms with van der Waals surface area (Å²) >= 11 is 0. The van der Waals surface area contributed by atoms with Gasteiger partial charge in [-0.3, -0.25) is 33.8 Å². The van der Waals surface area contributed by atoms with Crippen LogP contribution in [0.1, 0.15) is 182 Å². The van der Waals surface area contributed by atoms with E-state index in [2.05, 4.69) is 65.0 Å². The van der Waals surface area contributed by atoms with Gasteiger partial charge < -0.3 is 55.6 Å². The number of likely N-dealkylation sites (tertiary alicyclic amines) is 1. The number of piperidine rings is 2. The van der Waals surface area contributed by atoms with Gasteiger partial charge in [0.1, 0.15) is 44.2 Å². The third-order valence-electron chi connectivity index (χ3n) is 20.4. The zero-order valence-electron chi connectivity index (χ0n) is 50.4. The number of aryl methyl sites for hydroxylation is 1. The molecule has 3 unspecified atom stereocenters. The van der Waals surface area contributed by atoms with Crippen LogP contribution in [0.4, 0.5) is 14.5 Å². The van der Waals surface area contributed by atoms with Crippen molar-refractivity contribution in [2.45, 2.75) is 214 Å². The van der Waals surface area contributed by atoms with Crippen molar-refractivity contribution in [2.24, 2.45) is 11.8 Å². The normalized spacial score (nSPS) is 27.7. The highest BCUT2D eigenvalue weighted by atomic mass is 19.3. The van der Waals surface area contributed by atoms with E-state index in [1.165, 1.54) is 12.8 Å². The van der Waals surface area contributed by atoms with Crippen molar-refractivity contribution in [3.8, 4) is 11.5 Å². The number of aromatic hydroxyl groups is 1. The molecule has 5 heterocycles. The molecule has 1 aromatic heterocycles. The summed E-state index contributed by atoms with van der Waals surface area (Å²) in [7, 11) is 0. The molecule has 20 nitrogen and oxygen atoms in total. The molecular formula is C64H90F2N10O10. The molecule has 11 rings (SSSR count). The summed E-state index contributed by atoms with van der Waals surface area (Å²) in [5, 5.41) is 47.3. The largest absolute Gasteiger partial charge is 0.504 e. The number of aliphatic hydroxyl groups is 1. The molecule has 6 fully saturated rings. The van der Waals surface area contributed by atoms with Gasteiger partial charge in [0, 0.05) is 86.3 Å². The van der Waals surface area contributed by atoms with Gasteiger partial charge in [-0.2, -0.15) is 0 Å². The van der Waals surface area contributed by atoms with Crippen LogP contribution in [-0.2, 0) is 45.3 Å². The lowest BCUT2D eigenvalue weighted by Gasteiger charge is -2.64. The molecule has 4 aliphatic heterocycles. The number of halogens is 2. The number of carbonyl (C=O) groups excluding carboxylic acids is 5. The predicted molar refractivity (Wildman–Crippen MR) is 316 cm³/mol. The van der Waals surface area contributed by atoms with Crippen molar-refractivity contribution < 1.29 is 57.2 Å². The van der Waals surface area contributed by atoms with Crippen molar-refractivity contribution in [2.75, 3.05) is 64.5 Å². The van der Waals surface area contributed by atoms with Gasteiger partial charge in [-0.05, 0) is 145 Å². The molecule has 2 aromatic carbocycles. The summed E-state index contributed by atoms with van der Waals surface area (Å²) in [6.07, 6.45) is 13.1. The summed E-state index contributed by atoms with van der Waals surface area (Å²) < 4.78 is 47.9. The minimum Gasteiger partial charge on any atom is -0.504 e. The van der Waals surface area contributed by atoms with Gasteiger partial charge >= 0.3 is 0 Å². The fourth-order valence-corrected chi connectivity index (χ4v) is 15.9. The number of rotatable bonds is 28. The first kappa shape index (κ1) is 61.8. The number of ether oxygens (including phenoxy) is 3. The highest BCUT2D eigenvalue weighted by Crippen LogP contribution is 2.65. The molecule has 86 heavy (non-hydrogen) atoms. The van der Waals surface area contributed by atoms with E-state index in [1.54, 1.807) is 18.2 Å². The number of alkyl halides is 2. The summed E-state index contributed by atoms with van der Waals surface area (Å²) in [6.45, 7) is 8.66. The van der Waals surface area contributed by atoms with Crippen molar-refractivity contribution >= 4 is 35.2 Å². The van der Waals surface area contributed by atoms with E-state index in [1.807, 2.05) is 25.1 Å². The molecule has 3 saturated heterocycles. The number of hydrogen-bond donors (Lipinski definition) is 7. The molecule has 8 atom stereocenters. The number of unbranched alkanes of at least 4 members (excludes halogenated alkanes) is 4. The lowest BCUT2D eigenvalue weighted by molar-refractivity contribution is -0.192. The Morgan fingerprint density at radius 2 is 1.42 bits per heavy atom. The number of aromatic nitrogens is 3. The van der Waals surface area contributed by atoms with E-state index >= 15 is 0 Å². The van der Waals surface area contributed by atoms with Crippen LogP contribution in [0.5, 0.6) is 11.5 Å². The second-order valence-corrected chi connectivity index (χ2v) is 26.5. The Bertz CT molecular complexity index is 2900. The minimum absolute atomic E-state index is 0.0522. The number of hydrogen-bond acceptors (Lipinski definition) is 14. The van der Waals surface area contributed by atoms with Crippen LogP contribution >= 0.6 is 0 Å². The highest BCUT2D eigenvalue weighted by molar-refractivity contribution is 5.92. The fraction of sp³-hybridized carbons (Fsp3) is 0.703. The average Bonchev–Trinajstić information content (AvgIpc) is 1.38. The topological polar surface area (TPSA) is 251 Å². The number of carbonyl (C=O) groups is 5. The van der Waals surface area contributed by atoms with Gasteiger partial charge in [0.05, 0.1) is 23.1 Å². The number of nitrogens with zero attached hydrogens (tertiary/aromatic N) is 5. The second kappa shape index (κ2) is 26.5. The number of anilines is 1. The first-order valence-corrected chi connectivity index (χ1v) is 32.1. The molecule has 3 saturated carbocycles. The summed E-state index contributed by atoms with van der Waals surface area (Å²) in [5.41, 5.74) is 1.60. The lowest BCUT2D eigenvalue weighted by Crippen LogP contribution is -2.78.